The van der Waals surface area contributed by atoms with Gasteiger partial charge in [-0.25, -0.2) is 0 Å². The van der Waals surface area contributed by atoms with Crippen LogP contribution in [-0.4, -0.2) is 49.5 Å². The van der Waals surface area contributed by atoms with Crippen molar-refractivity contribution in [2.24, 2.45) is 0 Å². The Kier molecular flexibility index (Phi) is 10.3. The van der Waals surface area contributed by atoms with E-state index in [9.17, 15) is 0 Å². The molecule has 126 valence electrons. The number of unbranched alkanes of at least 4 members (excludes halogenated alkanes) is 3. The van der Waals surface area contributed by atoms with Crippen LogP contribution in [0.2, 0.25) is 0 Å². The highest BCUT2D eigenvalue weighted by Gasteiger charge is 2.23. The molecule has 0 amide bonds. The van der Waals surface area contributed by atoms with Crippen LogP contribution >= 0.6 is 0 Å². The predicted molar refractivity (Wildman–Crippen MR) is 89.9 cm³/mol. The SMILES string of the molecule is CCCCCC(CCCC)OCC1CN(C(C)C)CCO1. The fourth-order valence-electron chi connectivity index (χ4n) is 2.92. The lowest BCUT2D eigenvalue weighted by atomic mass is 10.1. The van der Waals surface area contributed by atoms with Crippen molar-refractivity contribution in [1.29, 1.82) is 0 Å². The van der Waals surface area contributed by atoms with Crippen LogP contribution in [0.15, 0.2) is 0 Å². The van der Waals surface area contributed by atoms with Gasteiger partial charge in [0, 0.05) is 19.1 Å². The van der Waals surface area contributed by atoms with Crippen molar-refractivity contribution < 1.29 is 9.47 Å². The molecule has 3 nitrogen and oxygen atoms in total. The molecule has 0 radical (unpaired) electrons. The quantitative estimate of drug-likeness (QED) is 0.532. The lowest BCUT2D eigenvalue weighted by Gasteiger charge is -2.36. The monoisotopic (exact) mass is 299 g/mol. The summed E-state index contributed by atoms with van der Waals surface area (Å²) in [5, 5.41) is 0. The highest BCUT2D eigenvalue weighted by Crippen LogP contribution is 2.16. The first-order chi connectivity index (χ1) is 10.2. The molecule has 21 heavy (non-hydrogen) atoms. The molecular weight excluding hydrogens is 262 g/mol. The Bertz CT molecular complexity index is 245. The highest BCUT2D eigenvalue weighted by atomic mass is 16.5. The minimum absolute atomic E-state index is 0.261. The van der Waals surface area contributed by atoms with Crippen molar-refractivity contribution in [1.82, 2.24) is 4.90 Å². The minimum Gasteiger partial charge on any atom is -0.375 e. The van der Waals surface area contributed by atoms with Crippen molar-refractivity contribution >= 4 is 0 Å². The fourth-order valence-corrected chi connectivity index (χ4v) is 2.92. The average Bonchev–Trinajstić information content (AvgIpc) is 2.50. The number of nitrogens with zero attached hydrogens (tertiary/aromatic N) is 1. The van der Waals surface area contributed by atoms with E-state index in [4.69, 9.17) is 9.47 Å². The van der Waals surface area contributed by atoms with Gasteiger partial charge < -0.3 is 9.47 Å². The zero-order chi connectivity index (χ0) is 15.5. The molecule has 1 rings (SSSR count). The van der Waals surface area contributed by atoms with Crippen LogP contribution in [0, 0.1) is 0 Å². The second-order valence-electron chi connectivity index (χ2n) is 6.67. The molecule has 0 aliphatic carbocycles. The van der Waals surface area contributed by atoms with Crippen LogP contribution in [-0.2, 0) is 9.47 Å². The molecule has 2 unspecified atom stereocenters. The van der Waals surface area contributed by atoms with Gasteiger partial charge in [0.15, 0.2) is 0 Å². The zero-order valence-corrected chi connectivity index (χ0v) is 14.8. The molecule has 0 aromatic rings. The van der Waals surface area contributed by atoms with E-state index >= 15 is 0 Å². The Labute approximate surface area is 132 Å². The fraction of sp³-hybridized carbons (Fsp3) is 1.00. The van der Waals surface area contributed by atoms with Crippen LogP contribution in [0.5, 0.6) is 0 Å². The van der Waals surface area contributed by atoms with E-state index in [0.717, 1.165) is 26.3 Å². The average molecular weight is 299 g/mol. The third-order valence-electron chi connectivity index (χ3n) is 4.43. The molecule has 1 heterocycles. The number of ether oxygens (including phenoxy) is 2. The third kappa shape index (κ3) is 8.18. The molecule has 0 aromatic heterocycles. The first-order valence-corrected chi connectivity index (χ1v) is 9.14. The molecule has 0 aromatic carbocycles. The van der Waals surface area contributed by atoms with Crippen LogP contribution in [0.25, 0.3) is 0 Å². The van der Waals surface area contributed by atoms with Gasteiger partial charge in [0.2, 0.25) is 0 Å². The molecule has 1 aliphatic rings. The molecular formula is C18H37NO2. The van der Waals surface area contributed by atoms with Gasteiger partial charge in [-0.3, -0.25) is 4.90 Å². The Hall–Kier alpha value is -0.120. The summed E-state index contributed by atoms with van der Waals surface area (Å²) in [6.45, 7) is 12.7. The normalized spacial score (nSPS) is 21.9. The second-order valence-corrected chi connectivity index (χ2v) is 6.67. The third-order valence-corrected chi connectivity index (χ3v) is 4.43. The number of rotatable bonds is 11. The van der Waals surface area contributed by atoms with Crippen molar-refractivity contribution in [3.05, 3.63) is 0 Å². The molecule has 1 fully saturated rings. The maximum absolute atomic E-state index is 6.21. The summed E-state index contributed by atoms with van der Waals surface area (Å²) in [5.74, 6) is 0. The maximum atomic E-state index is 6.21. The van der Waals surface area contributed by atoms with Crippen molar-refractivity contribution in [2.45, 2.75) is 90.9 Å². The van der Waals surface area contributed by atoms with Gasteiger partial charge in [-0.1, -0.05) is 46.0 Å². The summed E-state index contributed by atoms with van der Waals surface area (Å²) in [5.41, 5.74) is 0. The predicted octanol–water partition coefficient (Wildman–Crippen LogP) is 4.25. The Morgan fingerprint density at radius 2 is 1.81 bits per heavy atom. The van der Waals surface area contributed by atoms with Crippen molar-refractivity contribution in [3.8, 4) is 0 Å². The van der Waals surface area contributed by atoms with Crippen molar-refractivity contribution in [2.75, 3.05) is 26.3 Å². The molecule has 0 saturated carbocycles. The molecule has 0 bridgehead atoms. The molecule has 1 saturated heterocycles. The molecule has 0 spiro atoms. The molecule has 3 heteroatoms. The van der Waals surface area contributed by atoms with E-state index in [2.05, 4.69) is 32.6 Å². The van der Waals surface area contributed by atoms with E-state index in [1.54, 1.807) is 0 Å². The standard InChI is InChI=1S/C18H37NO2/c1-5-7-9-11-17(10-8-6-2)21-15-18-14-19(16(3)4)12-13-20-18/h16-18H,5-15H2,1-4H3. The van der Waals surface area contributed by atoms with Gasteiger partial charge in [-0.2, -0.15) is 0 Å². The summed E-state index contributed by atoms with van der Waals surface area (Å²) in [6, 6.07) is 0.608. The number of morpholine rings is 1. The van der Waals surface area contributed by atoms with E-state index < -0.39 is 0 Å². The summed E-state index contributed by atoms with van der Waals surface area (Å²) in [4.78, 5) is 2.50. The van der Waals surface area contributed by atoms with E-state index in [1.165, 1.54) is 44.9 Å². The van der Waals surface area contributed by atoms with E-state index in [-0.39, 0.29) is 6.10 Å². The lowest BCUT2D eigenvalue weighted by molar-refractivity contribution is -0.0930. The summed E-state index contributed by atoms with van der Waals surface area (Å²) < 4.78 is 12.1. The van der Waals surface area contributed by atoms with Crippen LogP contribution in [0.4, 0.5) is 0 Å². The largest absolute Gasteiger partial charge is 0.375 e. The van der Waals surface area contributed by atoms with Gasteiger partial charge in [0.05, 0.1) is 25.4 Å². The van der Waals surface area contributed by atoms with Gasteiger partial charge in [-0.15, -0.1) is 0 Å². The van der Waals surface area contributed by atoms with Gasteiger partial charge in [0.1, 0.15) is 0 Å². The topological polar surface area (TPSA) is 21.7 Å². The van der Waals surface area contributed by atoms with Gasteiger partial charge >= 0.3 is 0 Å². The molecule has 0 N–H and O–H groups in total. The number of hydrogen-bond acceptors (Lipinski definition) is 3. The Balaban J connectivity index is 2.29. The van der Waals surface area contributed by atoms with Gasteiger partial charge in [0.25, 0.3) is 0 Å². The Morgan fingerprint density at radius 3 is 2.48 bits per heavy atom. The smallest absolute Gasteiger partial charge is 0.0935 e. The van der Waals surface area contributed by atoms with Crippen LogP contribution < -0.4 is 0 Å². The molecule has 2 atom stereocenters. The zero-order valence-electron chi connectivity index (χ0n) is 14.8. The number of hydrogen-bond donors (Lipinski definition) is 0. The highest BCUT2D eigenvalue weighted by molar-refractivity contribution is 4.74. The first-order valence-electron chi connectivity index (χ1n) is 9.14. The molecule has 1 aliphatic heterocycles. The van der Waals surface area contributed by atoms with Crippen LogP contribution in [0.1, 0.15) is 72.6 Å². The van der Waals surface area contributed by atoms with Crippen molar-refractivity contribution in [3.63, 3.8) is 0 Å². The summed E-state index contributed by atoms with van der Waals surface area (Å²) in [7, 11) is 0. The van der Waals surface area contributed by atoms with E-state index in [0.29, 0.717) is 12.1 Å². The lowest BCUT2D eigenvalue weighted by Crippen LogP contribution is -2.47. The second kappa shape index (κ2) is 11.4. The minimum atomic E-state index is 0.261. The first kappa shape index (κ1) is 18.9. The van der Waals surface area contributed by atoms with Crippen LogP contribution in [0.3, 0.4) is 0 Å². The van der Waals surface area contributed by atoms with E-state index in [1.807, 2.05) is 0 Å². The maximum Gasteiger partial charge on any atom is 0.0935 e. The Morgan fingerprint density at radius 1 is 1.10 bits per heavy atom. The summed E-state index contributed by atoms with van der Waals surface area (Å²) >= 11 is 0. The summed E-state index contributed by atoms with van der Waals surface area (Å²) in [6.07, 6.45) is 9.58. The van der Waals surface area contributed by atoms with Gasteiger partial charge in [-0.05, 0) is 26.7 Å².